The number of aliphatic imine (C=N–C) groups is 1. The molecule has 7 nitrogen and oxygen atoms in total. The number of carbonyl (C=O) groups is 1. The minimum atomic E-state index is 0.135. The molecule has 28 heavy (non-hydrogen) atoms. The van der Waals surface area contributed by atoms with Crippen molar-refractivity contribution in [3.8, 4) is 5.88 Å². The van der Waals surface area contributed by atoms with Gasteiger partial charge in [0.15, 0.2) is 5.96 Å². The number of amides is 1. The van der Waals surface area contributed by atoms with Gasteiger partial charge in [-0.25, -0.2) is 9.98 Å². The van der Waals surface area contributed by atoms with Gasteiger partial charge in [-0.1, -0.05) is 6.07 Å². The number of guanidine groups is 1. The molecule has 1 aromatic rings. The highest BCUT2D eigenvalue weighted by Gasteiger charge is 2.23. The highest BCUT2D eigenvalue weighted by atomic mass is 16.5. The number of likely N-dealkylation sites (tertiary alicyclic amines) is 1. The molecule has 7 heteroatoms. The van der Waals surface area contributed by atoms with Crippen LogP contribution in [0.4, 0.5) is 0 Å². The fraction of sp³-hybridized carbons (Fsp3) is 0.667. The van der Waals surface area contributed by atoms with E-state index in [-0.39, 0.29) is 5.91 Å². The van der Waals surface area contributed by atoms with Gasteiger partial charge in [0.2, 0.25) is 11.8 Å². The molecule has 2 aliphatic rings. The second-order valence-corrected chi connectivity index (χ2v) is 7.74. The summed E-state index contributed by atoms with van der Waals surface area (Å²) in [5.74, 6) is 2.97. The van der Waals surface area contributed by atoms with Gasteiger partial charge in [0.05, 0.1) is 13.2 Å². The molecule has 0 radical (unpaired) electrons. The van der Waals surface area contributed by atoms with E-state index >= 15 is 0 Å². The van der Waals surface area contributed by atoms with Crippen LogP contribution in [0, 0.1) is 11.8 Å². The fourth-order valence-electron chi connectivity index (χ4n) is 3.38. The van der Waals surface area contributed by atoms with E-state index in [1.165, 1.54) is 12.8 Å². The number of ether oxygens (including phenoxy) is 1. The zero-order valence-corrected chi connectivity index (χ0v) is 17.1. The molecule has 3 rings (SSSR count). The Balaban J connectivity index is 1.50. The lowest BCUT2D eigenvalue weighted by molar-refractivity contribution is -0.121. The van der Waals surface area contributed by atoms with Gasteiger partial charge in [-0.05, 0) is 50.0 Å². The maximum atomic E-state index is 11.6. The standard InChI is InChI=1S/C21H33N5O2/c1-3-23-21(26-10-8-16(9-11-26)12-19(27)22-2)25-14-18-6-7-20(24-13-18)28-15-17-4-5-17/h6-7,13,16-17H,3-5,8-12,14-15H2,1-2H3,(H,22,27)(H,23,25). The van der Waals surface area contributed by atoms with E-state index in [2.05, 4.69) is 27.4 Å². The molecule has 0 unspecified atom stereocenters. The number of nitrogens with zero attached hydrogens (tertiary/aromatic N) is 3. The molecule has 2 fully saturated rings. The molecule has 1 aliphatic heterocycles. The van der Waals surface area contributed by atoms with Gasteiger partial charge in [0.25, 0.3) is 0 Å². The van der Waals surface area contributed by atoms with Crippen LogP contribution < -0.4 is 15.4 Å². The molecule has 2 N–H and O–H groups in total. The van der Waals surface area contributed by atoms with Crippen LogP contribution in [0.1, 0.15) is 44.6 Å². The lowest BCUT2D eigenvalue weighted by atomic mass is 9.93. The quantitative estimate of drug-likeness (QED) is 0.528. The zero-order chi connectivity index (χ0) is 19.8. The van der Waals surface area contributed by atoms with Crippen molar-refractivity contribution in [3.63, 3.8) is 0 Å². The third kappa shape index (κ3) is 6.39. The topological polar surface area (TPSA) is 78.9 Å². The van der Waals surface area contributed by atoms with Gasteiger partial charge >= 0.3 is 0 Å². The lowest BCUT2D eigenvalue weighted by Gasteiger charge is -2.34. The first-order valence-corrected chi connectivity index (χ1v) is 10.5. The Bertz CT molecular complexity index is 649. The molecule has 1 aromatic heterocycles. The van der Waals surface area contributed by atoms with Crippen molar-refractivity contribution < 1.29 is 9.53 Å². The first-order chi connectivity index (χ1) is 13.7. The van der Waals surface area contributed by atoms with Crippen molar-refractivity contribution in [1.82, 2.24) is 20.5 Å². The number of hydrogen-bond donors (Lipinski definition) is 2. The van der Waals surface area contributed by atoms with Crippen LogP contribution >= 0.6 is 0 Å². The normalized spacial score (nSPS) is 18.1. The molecule has 1 amide bonds. The number of hydrogen-bond acceptors (Lipinski definition) is 4. The summed E-state index contributed by atoms with van der Waals surface area (Å²) in [6.45, 7) is 6.16. The number of pyridine rings is 1. The van der Waals surface area contributed by atoms with Crippen LogP contribution in [0.15, 0.2) is 23.3 Å². The van der Waals surface area contributed by atoms with Crippen molar-refractivity contribution in [1.29, 1.82) is 0 Å². The molecule has 0 bridgehead atoms. The predicted octanol–water partition coefficient (Wildman–Crippen LogP) is 2.18. The predicted molar refractivity (Wildman–Crippen MR) is 110 cm³/mol. The molecule has 154 valence electrons. The first-order valence-electron chi connectivity index (χ1n) is 10.5. The largest absolute Gasteiger partial charge is 0.477 e. The maximum Gasteiger partial charge on any atom is 0.220 e. The molecule has 1 saturated carbocycles. The number of aromatic nitrogens is 1. The second-order valence-electron chi connectivity index (χ2n) is 7.74. The minimum absolute atomic E-state index is 0.135. The molecular formula is C21H33N5O2. The van der Waals surface area contributed by atoms with Crippen LogP contribution in [0.2, 0.25) is 0 Å². The van der Waals surface area contributed by atoms with E-state index in [0.29, 0.717) is 24.8 Å². The average Bonchev–Trinajstić information content (AvgIpc) is 3.55. The van der Waals surface area contributed by atoms with Crippen molar-refractivity contribution in [2.45, 2.75) is 45.6 Å². The Hall–Kier alpha value is -2.31. The van der Waals surface area contributed by atoms with Crippen LogP contribution in [0.5, 0.6) is 5.88 Å². The van der Waals surface area contributed by atoms with Gasteiger partial charge in [0.1, 0.15) is 0 Å². The van der Waals surface area contributed by atoms with Crippen molar-refractivity contribution >= 4 is 11.9 Å². The molecule has 2 heterocycles. The summed E-state index contributed by atoms with van der Waals surface area (Å²) in [5.41, 5.74) is 1.07. The molecule has 0 atom stereocenters. The average molecular weight is 388 g/mol. The van der Waals surface area contributed by atoms with E-state index in [9.17, 15) is 4.79 Å². The highest BCUT2D eigenvalue weighted by Crippen LogP contribution is 2.29. The van der Waals surface area contributed by atoms with Crippen LogP contribution in [0.3, 0.4) is 0 Å². The van der Waals surface area contributed by atoms with Gasteiger partial charge in [0, 0.05) is 45.4 Å². The van der Waals surface area contributed by atoms with E-state index in [1.54, 1.807) is 7.05 Å². The minimum Gasteiger partial charge on any atom is -0.477 e. The van der Waals surface area contributed by atoms with Crippen molar-refractivity contribution in [3.05, 3.63) is 23.9 Å². The summed E-state index contributed by atoms with van der Waals surface area (Å²) in [6, 6.07) is 3.97. The number of piperidine rings is 1. The van der Waals surface area contributed by atoms with Crippen molar-refractivity contribution in [2.24, 2.45) is 16.8 Å². The summed E-state index contributed by atoms with van der Waals surface area (Å²) in [4.78, 5) is 23.1. The van der Waals surface area contributed by atoms with E-state index in [0.717, 1.165) is 56.5 Å². The Morgan fingerprint density at radius 2 is 2.04 bits per heavy atom. The number of nitrogens with one attached hydrogen (secondary N) is 2. The highest BCUT2D eigenvalue weighted by molar-refractivity contribution is 5.80. The molecule has 0 spiro atoms. The number of rotatable bonds is 8. The van der Waals surface area contributed by atoms with E-state index in [4.69, 9.17) is 9.73 Å². The van der Waals surface area contributed by atoms with E-state index < -0.39 is 0 Å². The smallest absolute Gasteiger partial charge is 0.220 e. The summed E-state index contributed by atoms with van der Waals surface area (Å²) in [7, 11) is 1.70. The van der Waals surface area contributed by atoms with Crippen molar-refractivity contribution in [2.75, 3.05) is 33.3 Å². The van der Waals surface area contributed by atoms with Crippen LogP contribution in [-0.4, -0.2) is 55.0 Å². The molecular weight excluding hydrogens is 354 g/mol. The maximum absolute atomic E-state index is 11.6. The number of carbonyl (C=O) groups excluding carboxylic acids is 1. The summed E-state index contributed by atoms with van der Waals surface area (Å²) < 4.78 is 5.69. The third-order valence-electron chi connectivity index (χ3n) is 5.37. The fourth-order valence-corrected chi connectivity index (χ4v) is 3.38. The van der Waals surface area contributed by atoms with Gasteiger partial charge in [-0.15, -0.1) is 0 Å². The summed E-state index contributed by atoms with van der Waals surface area (Å²) in [5, 5.41) is 6.11. The molecule has 1 aliphatic carbocycles. The monoisotopic (exact) mass is 387 g/mol. The Labute approximate surface area is 168 Å². The van der Waals surface area contributed by atoms with E-state index in [1.807, 2.05) is 18.3 Å². The molecule has 1 saturated heterocycles. The SMILES string of the molecule is CCNC(=NCc1ccc(OCC2CC2)nc1)N1CCC(CC(=O)NC)CC1. The summed E-state index contributed by atoms with van der Waals surface area (Å²) >= 11 is 0. The van der Waals surface area contributed by atoms with Crippen LogP contribution in [0.25, 0.3) is 0 Å². The third-order valence-corrected chi connectivity index (χ3v) is 5.37. The van der Waals surface area contributed by atoms with Gasteiger partial charge < -0.3 is 20.3 Å². The molecule has 0 aromatic carbocycles. The first kappa shape index (κ1) is 20.4. The lowest BCUT2D eigenvalue weighted by Crippen LogP contribution is -2.46. The summed E-state index contributed by atoms with van der Waals surface area (Å²) in [6.07, 6.45) is 7.08. The van der Waals surface area contributed by atoms with Gasteiger partial charge in [-0.3, -0.25) is 4.79 Å². The van der Waals surface area contributed by atoms with Crippen LogP contribution in [-0.2, 0) is 11.3 Å². The Morgan fingerprint density at radius 1 is 1.25 bits per heavy atom. The Morgan fingerprint density at radius 3 is 2.64 bits per heavy atom. The zero-order valence-electron chi connectivity index (χ0n) is 17.1. The second kappa shape index (κ2) is 10.3. The van der Waals surface area contributed by atoms with Gasteiger partial charge in [-0.2, -0.15) is 0 Å². The Kier molecular flexibility index (Phi) is 7.51.